The van der Waals surface area contributed by atoms with Crippen molar-refractivity contribution in [3.8, 4) is 11.5 Å². The first kappa shape index (κ1) is 9.86. The summed E-state index contributed by atoms with van der Waals surface area (Å²) in [5.41, 5.74) is 0.359. The second kappa shape index (κ2) is 4.14. The summed E-state index contributed by atoms with van der Waals surface area (Å²) in [6.07, 6.45) is 0.660. The lowest BCUT2D eigenvalue weighted by atomic mass is 10.2. The first-order valence-electron chi connectivity index (χ1n) is 3.59. The van der Waals surface area contributed by atoms with Gasteiger partial charge >= 0.3 is 0 Å². The van der Waals surface area contributed by atoms with E-state index >= 15 is 0 Å². The summed E-state index contributed by atoms with van der Waals surface area (Å²) < 4.78 is 9.92. The number of hydrogen-bond acceptors (Lipinski definition) is 3. The number of aldehydes is 1. The number of ether oxygens (including phenoxy) is 2. The molecule has 0 amide bonds. The van der Waals surface area contributed by atoms with E-state index in [2.05, 4.69) is 0 Å². The molecule has 1 aromatic rings. The second-order valence-corrected chi connectivity index (χ2v) is 2.73. The molecule has 70 valence electrons. The second-order valence-electron chi connectivity index (χ2n) is 2.35. The van der Waals surface area contributed by atoms with Crippen LogP contribution in [-0.2, 0) is 0 Å². The maximum Gasteiger partial charge on any atom is 0.151 e. The SMILES string of the molecule is COc1cc(C=O)c(Cl)c(OC)c1. The quantitative estimate of drug-likeness (QED) is 0.702. The van der Waals surface area contributed by atoms with Crippen molar-refractivity contribution in [3.63, 3.8) is 0 Å². The number of hydrogen-bond donors (Lipinski definition) is 0. The Morgan fingerprint density at radius 2 is 2.00 bits per heavy atom. The van der Waals surface area contributed by atoms with Crippen LogP contribution in [0.4, 0.5) is 0 Å². The molecule has 0 saturated heterocycles. The van der Waals surface area contributed by atoms with Gasteiger partial charge in [-0.05, 0) is 6.07 Å². The first-order chi connectivity index (χ1) is 6.22. The van der Waals surface area contributed by atoms with Gasteiger partial charge in [0.2, 0.25) is 0 Å². The highest BCUT2D eigenvalue weighted by molar-refractivity contribution is 6.34. The van der Waals surface area contributed by atoms with Crippen molar-refractivity contribution < 1.29 is 14.3 Å². The number of carbonyl (C=O) groups excluding carboxylic acids is 1. The van der Waals surface area contributed by atoms with Gasteiger partial charge in [0.05, 0.1) is 19.2 Å². The van der Waals surface area contributed by atoms with Crippen molar-refractivity contribution in [2.75, 3.05) is 14.2 Å². The summed E-state index contributed by atoms with van der Waals surface area (Å²) in [7, 11) is 2.99. The van der Waals surface area contributed by atoms with E-state index < -0.39 is 0 Å². The van der Waals surface area contributed by atoms with Crippen molar-refractivity contribution in [2.45, 2.75) is 0 Å². The Balaban J connectivity index is 3.28. The van der Waals surface area contributed by atoms with Crippen molar-refractivity contribution >= 4 is 17.9 Å². The number of methoxy groups -OCH3 is 2. The molecule has 0 unspecified atom stereocenters. The molecule has 0 fully saturated rings. The molecule has 0 aliphatic heterocycles. The third-order valence-electron chi connectivity index (χ3n) is 1.62. The Morgan fingerprint density at radius 1 is 1.31 bits per heavy atom. The van der Waals surface area contributed by atoms with Crippen LogP contribution in [0.3, 0.4) is 0 Å². The molecule has 13 heavy (non-hydrogen) atoms. The van der Waals surface area contributed by atoms with Gasteiger partial charge in [0.1, 0.15) is 11.5 Å². The van der Waals surface area contributed by atoms with Gasteiger partial charge < -0.3 is 9.47 Å². The molecule has 1 rings (SSSR count). The molecule has 0 aromatic heterocycles. The van der Waals surface area contributed by atoms with Gasteiger partial charge in [0, 0.05) is 11.6 Å². The van der Waals surface area contributed by atoms with E-state index in [1.807, 2.05) is 0 Å². The van der Waals surface area contributed by atoms with Crippen molar-refractivity contribution in [1.82, 2.24) is 0 Å². The Morgan fingerprint density at radius 3 is 2.46 bits per heavy atom. The van der Waals surface area contributed by atoms with Crippen LogP contribution in [-0.4, -0.2) is 20.5 Å². The van der Waals surface area contributed by atoms with Crippen molar-refractivity contribution in [1.29, 1.82) is 0 Å². The highest BCUT2D eigenvalue weighted by atomic mass is 35.5. The van der Waals surface area contributed by atoms with Crippen LogP contribution in [0, 0.1) is 0 Å². The van der Waals surface area contributed by atoms with Crippen LogP contribution in [0.15, 0.2) is 12.1 Å². The first-order valence-corrected chi connectivity index (χ1v) is 3.97. The summed E-state index contributed by atoms with van der Waals surface area (Å²) in [5.74, 6) is 0.978. The number of benzene rings is 1. The molecule has 0 aliphatic rings. The zero-order valence-electron chi connectivity index (χ0n) is 7.33. The fourth-order valence-corrected chi connectivity index (χ4v) is 1.18. The third-order valence-corrected chi connectivity index (χ3v) is 2.03. The summed E-state index contributed by atoms with van der Waals surface area (Å²) >= 11 is 5.83. The lowest BCUT2D eigenvalue weighted by Crippen LogP contribution is -1.92. The average molecular weight is 201 g/mol. The lowest BCUT2D eigenvalue weighted by molar-refractivity contribution is 0.112. The van der Waals surface area contributed by atoms with Crippen LogP contribution >= 0.6 is 11.6 Å². The molecular formula is C9H9ClO3. The largest absolute Gasteiger partial charge is 0.497 e. The Kier molecular flexibility index (Phi) is 3.14. The number of halogens is 1. The molecule has 0 aliphatic carbocycles. The Bertz CT molecular complexity index is 323. The minimum atomic E-state index is 0.304. The van der Waals surface area contributed by atoms with Crippen LogP contribution in [0.2, 0.25) is 5.02 Å². The van der Waals surface area contributed by atoms with Gasteiger partial charge in [0.25, 0.3) is 0 Å². The van der Waals surface area contributed by atoms with Crippen LogP contribution in [0.1, 0.15) is 10.4 Å². The fourth-order valence-electron chi connectivity index (χ4n) is 0.945. The highest BCUT2D eigenvalue weighted by Crippen LogP contribution is 2.31. The molecular weight excluding hydrogens is 192 g/mol. The summed E-state index contributed by atoms with van der Waals surface area (Å²) in [5, 5.41) is 0.304. The van der Waals surface area contributed by atoms with Crippen LogP contribution in [0.25, 0.3) is 0 Å². The minimum Gasteiger partial charge on any atom is -0.497 e. The van der Waals surface area contributed by atoms with E-state index in [1.165, 1.54) is 14.2 Å². The minimum absolute atomic E-state index is 0.304. The topological polar surface area (TPSA) is 35.5 Å². The predicted octanol–water partition coefficient (Wildman–Crippen LogP) is 2.17. The van der Waals surface area contributed by atoms with Gasteiger partial charge in [-0.1, -0.05) is 11.6 Å². The molecule has 3 nitrogen and oxygen atoms in total. The normalized spacial score (nSPS) is 9.46. The van der Waals surface area contributed by atoms with Gasteiger partial charge in [-0.3, -0.25) is 4.79 Å². The van der Waals surface area contributed by atoms with E-state index in [1.54, 1.807) is 12.1 Å². The standard InChI is InChI=1S/C9H9ClO3/c1-12-7-3-6(5-11)9(10)8(4-7)13-2/h3-5H,1-2H3. The molecule has 0 bridgehead atoms. The Hall–Kier alpha value is -1.22. The zero-order chi connectivity index (χ0) is 9.84. The molecule has 0 N–H and O–H groups in total. The monoisotopic (exact) mass is 200 g/mol. The molecule has 0 radical (unpaired) electrons. The fraction of sp³-hybridized carbons (Fsp3) is 0.222. The highest BCUT2D eigenvalue weighted by Gasteiger charge is 2.08. The summed E-state index contributed by atoms with van der Waals surface area (Å²) in [6.45, 7) is 0. The number of carbonyl (C=O) groups is 1. The molecule has 4 heteroatoms. The van der Waals surface area contributed by atoms with Gasteiger partial charge in [-0.2, -0.15) is 0 Å². The smallest absolute Gasteiger partial charge is 0.151 e. The third kappa shape index (κ3) is 1.92. The van der Waals surface area contributed by atoms with E-state index in [-0.39, 0.29) is 0 Å². The Labute approximate surface area is 81.2 Å². The molecule has 0 heterocycles. The average Bonchev–Trinajstić information content (AvgIpc) is 2.18. The maximum absolute atomic E-state index is 10.6. The van der Waals surface area contributed by atoms with Crippen molar-refractivity contribution in [3.05, 3.63) is 22.7 Å². The van der Waals surface area contributed by atoms with Crippen LogP contribution in [0.5, 0.6) is 11.5 Å². The van der Waals surface area contributed by atoms with E-state index in [0.29, 0.717) is 28.4 Å². The van der Waals surface area contributed by atoms with E-state index in [0.717, 1.165) is 0 Å². The molecule has 0 spiro atoms. The van der Waals surface area contributed by atoms with Gasteiger partial charge in [-0.15, -0.1) is 0 Å². The number of rotatable bonds is 3. The van der Waals surface area contributed by atoms with E-state index in [9.17, 15) is 4.79 Å². The molecule has 1 aromatic carbocycles. The maximum atomic E-state index is 10.6. The van der Waals surface area contributed by atoms with Crippen molar-refractivity contribution in [2.24, 2.45) is 0 Å². The van der Waals surface area contributed by atoms with Crippen LogP contribution < -0.4 is 9.47 Å². The molecule has 0 saturated carbocycles. The predicted molar refractivity (Wildman–Crippen MR) is 49.9 cm³/mol. The van der Waals surface area contributed by atoms with Gasteiger partial charge in [-0.25, -0.2) is 0 Å². The lowest BCUT2D eigenvalue weighted by Gasteiger charge is -2.07. The van der Waals surface area contributed by atoms with E-state index in [4.69, 9.17) is 21.1 Å². The van der Waals surface area contributed by atoms with Gasteiger partial charge in [0.15, 0.2) is 6.29 Å². The summed E-state index contributed by atoms with van der Waals surface area (Å²) in [6, 6.07) is 3.17. The zero-order valence-corrected chi connectivity index (χ0v) is 8.09. The summed E-state index contributed by atoms with van der Waals surface area (Å²) in [4.78, 5) is 10.6. The molecule has 0 atom stereocenters.